The van der Waals surface area contributed by atoms with Gasteiger partial charge >= 0.3 is 0 Å². The zero-order chi connectivity index (χ0) is 12.1. The quantitative estimate of drug-likeness (QED) is 0.871. The third-order valence-corrected chi connectivity index (χ3v) is 3.84. The van der Waals surface area contributed by atoms with E-state index in [1.807, 2.05) is 12.1 Å². The first-order chi connectivity index (χ1) is 8.33. The number of rotatable bonds is 4. The Balaban J connectivity index is 2.00. The minimum atomic E-state index is 0.267. The van der Waals surface area contributed by atoms with Gasteiger partial charge in [0.25, 0.3) is 0 Å². The fraction of sp³-hybridized carbons (Fsp3) is 0.643. The van der Waals surface area contributed by atoms with Gasteiger partial charge in [0, 0.05) is 12.1 Å². The van der Waals surface area contributed by atoms with E-state index in [2.05, 4.69) is 11.9 Å². The van der Waals surface area contributed by atoms with Gasteiger partial charge in [-0.15, -0.1) is 0 Å². The lowest BCUT2D eigenvalue weighted by molar-refractivity contribution is 0.0681. The second kappa shape index (κ2) is 6.01. The topological polar surface area (TPSA) is 48.1 Å². The summed E-state index contributed by atoms with van der Waals surface area (Å²) >= 11 is 0. The normalized spacial score (nSPS) is 28.9. The summed E-state index contributed by atoms with van der Waals surface area (Å²) in [5.41, 5.74) is 5.84. The predicted molar refractivity (Wildman–Crippen MR) is 68.8 cm³/mol. The van der Waals surface area contributed by atoms with Crippen molar-refractivity contribution in [3.8, 4) is 5.75 Å². The van der Waals surface area contributed by atoms with Crippen LogP contribution >= 0.6 is 0 Å². The van der Waals surface area contributed by atoms with Crippen LogP contribution in [-0.4, -0.2) is 17.6 Å². The Morgan fingerprint density at radius 2 is 2.35 bits per heavy atom. The second-order valence-corrected chi connectivity index (χ2v) is 4.93. The molecule has 0 radical (unpaired) electrons. The van der Waals surface area contributed by atoms with Crippen LogP contribution in [0.5, 0.6) is 5.75 Å². The summed E-state index contributed by atoms with van der Waals surface area (Å²) in [5.74, 6) is 2.16. The highest BCUT2D eigenvalue weighted by Crippen LogP contribution is 2.33. The zero-order valence-corrected chi connectivity index (χ0v) is 10.5. The third kappa shape index (κ3) is 3.19. The summed E-state index contributed by atoms with van der Waals surface area (Å²) in [4.78, 5) is 4.08. The van der Waals surface area contributed by atoms with Gasteiger partial charge in [-0.3, -0.25) is 4.98 Å². The SMILES string of the molecule is CCC1CCC(CN)C(Oc2cccnc2)C1. The molecule has 1 saturated carbocycles. The highest BCUT2D eigenvalue weighted by atomic mass is 16.5. The molecule has 2 N–H and O–H groups in total. The van der Waals surface area contributed by atoms with Crippen LogP contribution in [0.2, 0.25) is 0 Å². The van der Waals surface area contributed by atoms with E-state index in [1.54, 1.807) is 12.4 Å². The van der Waals surface area contributed by atoms with Crippen molar-refractivity contribution in [2.75, 3.05) is 6.54 Å². The van der Waals surface area contributed by atoms with Crippen molar-refractivity contribution in [2.45, 2.75) is 38.7 Å². The van der Waals surface area contributed by atoms with Gasteiger partial charge in [-0.2, -0.15) is 0 Å². The first kappa shape index (κ1) is 12.4. The first-order valence-electron chi connectivity index (χ1n) is 6.60. The highest BCUT2D eigenvalue weighted by molar-refractivity contribution is 5.16. The number of aromatic nitrogens is 1. The lowest BCUT2D eigenvalue weighted by atomic mass is 9.78. The van der Waals surface area contributed by atoms with Crippen molar-refractivity contribution < 1.29 is 4.74 Å². The number of hydrogen-bond acceptors (Lipinski definition) is 3. The van der Waals surface area contributed by atoms with E-state index < -0.39 is 0 Å². The smallest absolute Gasteiger partial charge is 0.138 e. The molecule has 1 fully saturated rings. The van der Waals surface area contributed by atoms with Crippen LogP contribution in [0.1, 0.15) is 32.6 Å². The van der Waals surface area contributed by atoms with Crippen LogP contribution in [0.15, 0.2) is 24.5 Å². The average Bonchev–Trinajstić information content (AvgIpc) is 2.40. The van der Waals surface area contributed by atoms with Crippen molar-refractivity contribution in [3.05, 3.63) is 24.5 Å². The van der Waals surface area contributed by atoms with Gasteiger partial charge in [0.1, 0.15) is 11.9 Å². The minimum Gasteiger partial charge on any atom is -0.488 e. The summed E-state index contributed by atoms with van der Waals surface area (Å²) in [5, 5.41) is 0. The third-order valence-electron chi connectivity index (χ3n) is 3.84. The Hall–Kier alpha value is -1.09. The van der Waals surface area contributed by atoms with E-state index >= 15 is 0 Å². The maximum atomic E-state index is 6.05. The molecular weight excluding hydrogens is 212 g/mol. The molecule has 3 nitrogen and oxygen atoms in total. The summed E-state index contributed by atoms with van der Waals surface area (Å²) in [6, 6.07) is 3.88. The van der Waals surface area contributed by atoms with E-state index in [-0.39, 0.29) is 6.10 Å². The number of nitrogens with zero attached hydrogens (tertiary/aromatic N) is 1. The molecule has 1 aromatic rings. The molecule has 2 rings (SSSR count). The maximum absolute atomic E-state index is 6.05. The van der Waals surface area contributed by atoms with Crippen LogP contribution in [0.25, 0.3) is 0 Å². The summed E-state index contributed by atoms with van der Waals surface area (Å²) in [7, 11) is 0. The Bertz CT molecular complexity index is 328. The molecule has 0 amide bonds. The maximum Gasteiger partial charge on any atom is 0.138 e. The number of nitrogens with two attached hydrogens (primary N) is 1. The lowest BCUT2D eigenvalue weighted by Gasteiger charge is -2.35. The molecule has 1 aromatic heterocycles. The summed E-state index contributed by atoms with van der Waals surface area (Å²) < 4.78 is 6.05. The Morgan fingerprint density at radius 1 is 1.47 bits per heavy atom. The molecule has 1 aliphatic rings. The Labute approximate surface area is 103 Å². The molecular formula is C14H22N2O. The molecule has 3 heteroatoms. The van der Waals surface area contributed by atoms with E-state index in [9.17, 15) is 0 Å². The van der Waals surface area contributed by atoms with E-state index in [0.717, 1.165) is 24.6 Å². The molecule has 0 spiro atoms. The average molecular weight is 234 g/mol. The van der Waals surface area contributed by atoms with Crippen molar-refractivity contribution in [1.29, 1.82) is 0 Å². The number of ether oxygens (including phenoxy) is 1. The minimum absolute atomic E-state index is 0.267. The largest absolute Gasteiger partial charge is 0.488 e. The zero-order valence-electron chi connectivity index (χ0n) is 10.5. The van der Waals surface area contributed by atoms with Gasteiger partial charge in [-0.25, -0.2) is 0 Å². The van der Waals surface area contributed by atoms with Gasteiger partial charge in [-0.05, 0) is 43.9 Å². The van der Waals surface area contributed by atoms with Crippen molar-refractivity contribution in [2.24, 2.45) is 17.6 Å². The molecule has 1 heterocycles. The predicted octanol–water partition coefficient (Wildman–Crippen LogP) is 2.61. The van der Waals surface area contributed by atoms with Crippen LogP contribution in [0.3, 0.4) is 0 Å². The van der Waals surface area contributed by atoms with Crippen LogP contribution in [-0.2, 0) is 0 Å². The highest BCUT2D eigenvalue weighted by Gasteiger charge is 2.30. The van der Waals surface area contributed by atoms with Gasteiger partial charge < -0.3 is 10.5 Å². The molecule has 0 aromatic carbocycles. The molecule has 17 heavy (non-hydrogen) atoms. The second-order valence-electron chi connectivity index (χ2n) is 4.93. The fourth-order valence-corrected chi connectivity index (χ4v) is 2.65. The van der Waals surface area contributed by atoms with Crippen LogP contribution in [0, 0.1) is 11.8 Å². The van der Waals surface area contributed by atoms with Crippen molar-refractivity contribution in [1.82, 2.24) is 4.98 Å². The molecule has 3 atom stereocenters. The monoisotopic (exact) mass is 234 g/mol. The van der Waals surface area contributed by atoms with Crippen LogP contribution < -0.4 is 10.5 Å². The van der Waals surface area contributed by atoms with Gasteiger partial charge in [0.2, 0.25) is 0 Å². The number of hydrogen-bond donors (Lipinski definition) is 1. The standard InChI is InChI=1S/C14H22N2O/c1-2-11-5-6-12(9-15)14(8-11)17-13-4-3-7-16-10-13/h3-4,7,10-12,14H,2,5-6,8-9,15H2,1H3. The van der Waals surface area contributed by atoms with Crippen LogP contribution in [0.4, 0.5) is 0 Å². The summed E-state index contributed by atoms with van der Waals surface area (Å²) in [6.45, 7) is 2.98. The van der Waals surface area contributed by atoms with E-state index in [4.69, 9.17) is 10.5 Å². The molecule has 0 aliphatic heterocycles. The molecule has 0 saturated heterocycles. The lowest BCUT2D eigenvalue weighted by Crippen LogP contribution is -2.38. The van der Waals surface area contributed by atoms with E-state index in [1.165, 1.54) is 19.3 Å². The van der Waals surface area contributed by atoms with Crippen molar-refractivity contribution in [3.63, 3.8) is 0 Å². The van der Waals surface area contributed by atoms with E-state index in [0.29, 0.717) is 5.92 Å². The Morgan fingerprint density at radius 3 is 3.00 bits per heavy atom. The fourth-order valence-electron chi connectivity index (χ4n) is 2.65. The summed E-state index contributed by atoms with van der Waals surface area (Å²) in [6.07, 6.45) is 8.68. The molecule has 0 bridgehead atoms. The molecule has 3 unspecified atom stereocenters. The molecule has 94 valence electrons. The molecule has 1 aliphatic carbocycles. The van der Waals surface area contributed by atoms with Gasteiger partial charge in [0.05, 0.1) is 6.20 Å². The van der Waals surface area contributed by atoms with Gasteiger partial charge in [0.15, 0.2) is 0 Å². The number of pyridine rings is 1. The van der Waals surface area contributed by atoms with Gasteiger partial charge in [-0.1, -0.05) is 13.3 Å². The van der Waals surface area contributed by atoms with Crippen molar-refractivity contribution >= 4 is 0 Å². The first-order valence-corrected chi connectivity index (χ1v) is 6.60. The Kier molecular flexibility index (Phi) is 4.37.